The lowest BCUT2D eigenvalue weighted by atomic mass is 10.3. The van der Waals surface area contributed by atoms with Gasteiger partial charge in [-0.25, -0.2) is 0 Å². The summed E-state index contributed by atoms with van der Waals surface area (Å²) < 4.78 is 5.43. The number of nitrogens with one attached hydrogen (secondary N) is 1. The fourth-order valence-electron chi connectivity index (χ4n) is 1.16. The number of aryl methyl sites for hydroxylation is 1. The molecule has 1 N–H and O–H groups in total. The van der Waals surface area contributed by atoms with Gasteiger partial charge in [-0.15, -0.1) is 10.2 Å². The van der Waals surface area contributed by atoms with Gasteiger partial charge in [0.15, 0.2) is 0 Å². The Morgan fingerprint density at radius 3 is 3.07 bits per heavy atom. The van der Waals surface area contributed by atoms with Crippen molar-refractivity contribution in [2.75, 3.05) is 11.9 Å². The first-order chi connectivity index (χ1) is 6.84. The van der Waals surface area contributed by atoms with Crippen LogP contribution in [-0.4, -0.2) is 16.7 Å². The SMILES string of the molecule is Cc1ccc(CCNc2nncs2)o1. The summed E-state index contributed by atoms with van der Waals surface area (Å²) in [6.45, 7) is 2.77. The van der Waals surface area contributed by atoms with E-state index in [1.54, 1.807) is 5.51 Å². The molecule has 0 radical (unpaired) electrons. The first kappa shape index (κ1) is 9.21. The highest BCUT2D eigenvalue weighted by atomic mass is 32.1. The van der Waals surface area contributed by atoms with Crippen LogP contribution in [0, 0.1) is 6.92 Å². The topological polar surface area (TPSA) is 51.0 Å². The van der Waals surface area contributed by atoms with Crippen molar-refractivity contribution in [1.29, 1.82) is 0 Å². The van der Waals surface area contributed by atoms with Crippen LogP contribution in [0.3, 0.4) is 0 Å². The average Bonchev–Trinajstić information content (AvgIpc) is 2.77. The molecule has 0 unspecified atom stereocenters. The molecule has 0 fully saturated rings. The molecule has 0 atom stereocenters. The van der Waals surface area contributed by atoms with Crippen LogP contribution in [0.2, 0.25) is 0 Å². The summed E-state index contributed by atoms with van der Waals surface area (Å²) in [6, 6.07) is 3.97. The van der Waals surface area contributed by atoms with Gasteiger partial charge in [-0.2, -0.15) is 0 Å². The van der Waals surface area contributed by atoms with E-state index in [1.165, 1.54) is 11.3 Å². The Hall–Kier alpha value is -1.36. The van der Waals surface area contributed by atoms with Gasteiger partial charge in [0.25, 0.3) is 0 Å². The standard InChI is InChI=1S/C9H11N3OS/c1-7-2-3-8(13-7)4-5-10-9-12-11-6-14-9/h2-3,6H,4-5H2,1H3,(H,10,12). The second kappa shape index (κ2) is 4.23. The Kier molecular flexibility index (Phi) is 2.78. The first-order valence-electron chi connectivity index (χ1n) is 4.40. The molecule has 2 rings (SSSR count). The van der Waals surface area contributed by atoms with Gasteiger partial charge in [-0.3, -0.25) is 0 Å². The monoisotopic (exact) mass is 209 g/mol. The zero-order chi connectivity index (χ0) is 9.80. The van der Waals surface area contributed by atoms with E-state index in [1.807, 2.05) is 19.1 Å². The highest BCUT2D eigenvalue weighted by Crippen LogP contribution is 2.10. The van der Waals surface area contributed by atoms with E-state index in [0.717, 1.165) is 29.6 Å². The zero-order valence-corrected chi connectivity index (χ0v) is 8.67. The molecule has 0 spiro atoms. The fraction of sp³-hybridized carbons (Fsp3) is 0.333. The molecule has 5 heteroatoms. The van der Waals surface area contributed by atoms with Crippen molar-refractivity contribution >= 4 is 16.5 Å². The Labute approximate surface area is 86.0 Å². The lowest BCUT2D eigenvalue weighted by Gasteiger charge is -1.98. The minimum Gasteiger partial charge on any atom is -0.466 e. The molecule has 2 aromatic heterocycles. The molecule has 14 heavy (non-hydrogen) atoms. The first-order valence-corrected chi connectivity index (χ1v) is 5.28. The average molecular weight is 209 g/mol. The van der Waals surface area contributed by atoms with Crippen molar-refractivity contribution in [3.63, 3.8) is 0 Å². The third-order valence-electron chi connectivity index (χ3n) is 1.80. The van der Waals surface area contributed by atoms with Crippen LogP contribution in [0.15, 0.2) is 22.1 Å². The Morgan fingerprint density at radius 1 is 1.50 bits per heavy atom. The van der Waals surface area contributed by atoms with Gasteiger partial charge < -0.3 is 9.73 Å². The molecule has 0 aliphatic heterocycles. The Morgan fingerprint density at radius 2 is 2.43 bits per heavy atom. The van der Waals surface area contributed by atoms with Gasteiger partial charge >= 0.3 is 0 Å². The largest absolute Gasteiger partial charge is 0.466 e. The molecular weight excluding hydrogens is 198 g/mol. The second-order valence-corrected chi connectivity index (χ2v) is 3.77. The van der Waals surface area contributed by atoms with E-state index in [9.17, 15) is 0 Å². The van der Waals surface area contributed by atoms with Crippen molar-refractivity contribution < 1.29 is 4.42 Å². The van der Waals surface area contributed by atoms with Gasteiger partial charge in [0, 0.05) is 13.0 Å². The van der Waals surface area contributed by atoms with E-state index in [-0.39, 0.29) is 0 Å². The summed E-state index contributed by atoms with van der Waals surface area (Å²) in [5.74, 6) is 1.95. The minimum atomic E-state index is 0.822. The summed E-state index contributed by atoms with van der Waals surface area (Å²) in [5, 5.41) is 11.6. The molecule has 0 saturated heterocycles. The molecule has 74 valence electrons. The maximum Gasteiger partial charge on any atom is 0.205 e. The van der Waals surface area contributed by atoms with Gasteiger partial charge in [0.05, 0.1) is 0 Å². The normalized spacial score (nSPS) is 10.4. The number of hydrogen-bond donors (Lipinski definition) is 1. The molecular formula is C9H11N3OS. The van der Waals surface area contributed by atoms with Crippen molar-refractivity contribution in [2.45, 2.75) is 13.3 Å². The molecule has 0 aliphatic carbocycles. The number of hydrogen-bond acceptors (Lipinski definition) is 5. The van der Waals surface area contributed by atoms with Crippen LogP contribution in [0.25, 0.3) is 0 Å². The van der Waals surface area contributed by atoms with E-state index in [0.29, 0.717) is 0 Å². The highest BCUT2D eigenvalue weighted by molar-refractivity contribution is 7.13. The predicted octanol–water partition coefficient (Wildman–Crippen LogP) is 2.09. The summed E-state index contributed by atoms with van der Waals surface area (Å²) in [5.41, 5.74) is 1.71. The second-order valence-electron chi connectivity index (χ2n) is 2.93. The van der Waals surface area contributed by atoms with Crippen LogP contribution >= 0.6 is 11.3 Å². The summed E-state index contributed by atoms with van der Waals surface area (Å²) in [6.07, 6.45) is 0.868. The maximum atomic E-state index is 5.43. The lowest BCUT2D eigenvalue weighted by molar-refractivity contribution is 0.486. The molecule has 0 amide bonds. The molecule has 0 saturated carbocycles. The van der Waals surface area contributed by atoms with Gasteiger partial charge in [0.2, 0.25) is 5.13 Å². The summed E-state index contributed by atoms with van der Waals surface area (Å²) >= 11 is 1.50. The Balaban J connectivity index is 1.78. The fourth-order valence-corrected chi connectivity index (χ4v) is 1.64. The molecule has 0 bridgehead atoms. The van der Waals surface area contributed by atoms with Gasteiger partial charge in [-0.05, 0) is 19.1 Å². The molecule has 0 aliphatic rings. The van der Waals surface area contributed by atoms with Crippen LogP contribution < -0.4 is 5.32 Å². The quantitative estimate of drug-likeness (QED) is 0.837. The third-order valence-corrected chi connectivity index (χ3v) is 2.45. The lowest BCUT2D eigenvalue weighted by Crippen LogP contribution is -2.03. The van der Waals surface area contributed by atoms with Crippen LogP contribution in [0.1, 0.15) is 11.5 Å². The summed E-state index contributed by atoms with van der Waals surface area (Å²) in [7, 11) is 0. The maximum absolute atomic E-state index is 5.43. The minimum absolute atomic E-state index is 0.822. The van der Waals surface area contributed by atoms with Crippen molar-refractivity contribution in [2.24, 2.45) is 0 Å². The smallest absolute Gasteiger partial charge is 0.205 e. The molecule has 2 heterocycles. The molecule has 4 nitrogen and oxygen atoms in total. The molecule has 2 aromatic rings. The van der Waals surface area contributed by atoms with E-state index in [4.69, 9.17) is 4.42 Å². The number of anilines is 1. The van der Waals surface area contributed by atoms with Gasteiger partial charge in [0.1, 0.15) is 17.0 Å². The summed E-state index contributed by atoms with van der Waals surface area (Å²) in [4.78, 5) is 0. The van der Waals surface area contributed by atoms with E-state index >= 15 is 0 Å². The number of nitrogens with zero attached hydrogens (tertiary/aromatic N) is 2. The molecule has 0 aromatic carbocycles. The number of furan rings is 1. The van der Waals surface area contributed by atoms with Crippen LogP contribution in [0.5, 0.6) is 0 Å². The van der Waals surface area contributed by atoms with Crippen molar-refractivity contribution in [3.8, 4) is 0 Å². The highest BCUT2D eigenvalue weighted by Gasteiger charge is 1.99. The van der Waals surface area contributed by atoms with Crippen molar-refractivity contribution in [3.05, 3.63) is 29.2 Å². The zero-order valence-electron chi connectivity index (χ0n) is 7.86. The van der Waals surface area contributed by atoms with E-state index in [2.05, 4.69) is 15.5 Å². The Bertz CT molecular complexity index is 382. The third kappa shape index (κ3) is 2.32. The van der Waals surface area contributed by atoms with Gasteiger partial charge in [-0.1, -0.05) is 11.3 Å². The van der Waals surface area contributed by atoms with Crippen molar-refractivity contribution in [1.82, 2.24) is 10.2 Å². The number of rotatable bonds is 4. The van der Waals surface area contributed by atoms with Crippen LogP contribution in [0.4, 0.5) is 5.13 Å². The number of aromatic nitrogens is 2. The van der Waals surface area contributed by atoms with Crippen LogP contribution in [-0.2, 0) is 6.42 Å². The van der Waals surface area contributed by atoms with E-state index < -0.39 is 0 Å². The predicted molar refractivity (Wildman–Crippen MR) is 55.5 cm³/mol.